The van der Waals surface area contributed by atoms with E-state index in [0.717, 1.165) is 4.88 Å². The maximum Gasteiger partial charge on any atom is 0.0916 e. The van der Waals surface area contributed by atoms with E-state index in [4.69, 9.17) is 0 Å². The Morgan fingerprint density at radius 3 is 2.93 bits per heavy atom. The van der Waals surface area contributed by atoms with Gasteiger partial charge in [-0.25, -0.2) is 0 Å². The van der Waals surface area contributed by atoms with E-state index in [1.807, 2.05) is 18.2 Å². The summed E-state index contributed by atoms with van der Waals surface area (Å²) < 4.78 is 1.23. The van der Waals surface area contributed by atoms with Gasteiger partial charge in [0.1, 0.15) is 0 Å². The van der Waals surface area contributed by atoms with Crippen LogP contribution in [0.4, 0.5) is 0 Å². The molecule has 1 aromatic carbocycles. The standard InChI is InChI=1S/C12H12OS/c1-2-5-10(13)12-8-9-6-3-4-7-11(9)14-12/h2-4,6-8,10,13H,1,5H2. The van der Waals surface area contributed by atoms with E-state index in [-0.39, 0.29) is 0 Å². The van der Waals surface area contributed by atoms with Crippen molar-refractivity contribution in [1.82, 2.24) is 0 Å². The Balaban J connectivity index is 2.39. The fourth-order valence-electron chi connectivity index (χ4n) is 1.44. The molecule has 0 aliphatic rings. The molecule has 2 rings (SSSR count). The summed E-state index contributed by atoms with van der Waals surface area (Å²) >= 11 is 1.65. The summed E-state index contributed by atoms with van der Waals surface area (Å²) in [6.07, 6.45) is 1.96. The lowest BCUT2D eigenvalue weighted by atomic mass is 10.2. The Morgan fingerprint density at radius 1 is 1.43 bits per heavy atom. The predicted octanol–water partition coefficient (Wildman–Crippen LogP) is 3.51. The molecule has 0 amide bonds. The van der Waals surface area contributed by atoms with Gasteiger partial charge in [0.05, 0.1) is 6.10 Å². The lowest BCUT2D eigenvalue weighted by Crippen LogP contribution is -1.90. The second kappa shape index (κ2) is 3.95. The molecule has 72 valence electrons. The molecule has 0 saturated heterocycles. The summed E-state index contributed by atoms with van der Waals surface area (Å²) in [6, 6.07) is 10.2. The zero-order valence-corrected chi connectivity index (χ0v) is 8.63. The molecular weight excluding hydrogens is 192 g/mol. The third kappa shape index (κ3) is 1.72. The van der Waals surface area contributed by atoms with E-state index in [9.17, 15) is 5.11 Å². The Hall–Kier alpha value is -1.12. The van der Waals surface area contributed by atoms with Crippen LogP contribution in [-0.2, 0) is 0 Å². The van der Waals surface area contributed by atoms with E-state index < -0.39 is 6.10 Å². The van der Waals surface area contributed by atoms with Crippen LogP contribution in [0.3, 0.4) is 0 Å². The molecule has 1 nitrogen and oxygen atoms in total. The Kier molecular flexibility index (Phi) is 2.66. The van der Waals surface area contributed by atoms with Crippen molar-refractivity contribution < 1.29 is 5.11 Å². The number of hydrogen-bond acceptors (Lipinski definition) is 2. The smallest absolute Gasteiger partial charge is 0.0916 e. The van der Waals surface area contributed by atoms with Crippen molar-refractivity contribution in [3.63, 3.8) is 0 Å². The van der Waals surface area contributed by atoms with Crippen LogP contribution < -0.4 is 0 Å². The molecule has 0 saturated carbocycles. The van der Waals surface area contributed by atoms with Crippen molar-refractivity contribution in [3.05, 3.63) is 47.9 Å². The number of thiophene rings is 1. The highest BCUT2D eigenvalue weighted by Crippen LogP contribution is 2.31. The summed E-state index contributed by atoms with van der Waals surface area (Å²) in [5, 5.41) is 11.0. The van der Waals surface area contributed by atoms with Crippen LogP contribution in [0.25, 0.3) is 10.1 Å². The third-order valence-electron chi connectivity index (χ3n) is 2.16. The maximum atomic E-state index is 9.76. The zero-order valence-electron chi connectivity index (χ0n) is 7.81. The Labute approximate surface area is 87.3 Å². The first kappa shape index (κ1) is 9.44. The SMILES string of the molecule is C=CCC(O)c1cc2ccccc2s1. The average Bonchev–Trinajstić information content (AvgIpc) is 2.61. The molecular formula is C12H12OS. The van der Waals surface area contributed by atoms with Gasteiger partial charge in [0.25, 0.3) is 0 Å². The molecule has 1 N–H and O–H groups in total. The van der Waals surface area contributed by atoms with Crippen LogP contribution in [0.5, 0.6) is 0 Å². The summed E-state index contributed by atoms with van der Waals surface area (Å²) in [4.78, 5) is 1.02. The maximum absolute atomic E-state index is 9.76. The van der Waals surface area contributed by atoms with Gasteiger partial charge in [0.2, 0.25) is 0 Å². The molecule has 0 fully saturated rings. The van der Waals surface area contributed by atoms with Gasteiger partial charge in [-0.05, 0) is 23.9 Å². The van der Waals surface area contributed by atoms with E-state index in [1.165, 1.54) is 10.1 Å². The fraction of sp³-hybridized carbons (Fsp3) is 0.167. The van der Waals surface area contributed by atoms with Crippen LogP contribution in [0, 0.1) is 0 Å². The molecule has 2 heteroatoms. The molecule has 14 heavy (non-hydrogen) atoms. The van der Waals surface area contributed by atoms with E-state index in [0.29, 0.717) is 6.42 Å². The quantitative estimate of drug-likeness (QED) is 0.758. The number of aliphatic hydroxyl groups excluding tert-OH is 1. The van der Waals surface area contributed by atoms with E-state index in [2.05, 4.69) is 18.7 Å². The van der Waals surface area contributed by atoms with Crippen LogP contribution in [-0.4, -0.2) is 5.11 Å². The van der Waals surface area contributed by atoms with E-state index in [1.54, 1.807) is 17.4 Å². The molecule has 0 spiro atoms. The minimum Gasteiger partial charge on any atom is -0.387 e. The van der Waals surface area contributed by atoms with Gasteiger partial charge < -0.3 is 5.11 Å². The fourth-order valence-corrected chi connectivity index (χ4v) is 2.50. The van der Waals surface area contributed by atoms with Crippen LogP contribution in [0.15, 0.2) is 43.0 Å². The lowest BCUT2D eigenvalue weighted by molar-refractivity contribution is 0.185. The minimum absolute atomic E-state index is 0.398. The van der Waals surface area contributed by atoms with Gasteiger partial charge in [0, 0.05) is 9.58 Å². The van der Waals surface area contributed by atoms with Gasteiger partial charge in [-0.15, -0.1) is 17.9 Å². The van der Waals surface area contributed by atoms with Crippen molar-refractivity contribution in [1.29, 1.82) is 0 Å². The number of hydrogen-bond donors (Lipinski definition) is 1. The Morgan fingerprint density at radius 2 is 2.21 bits per heavy atom. The zero-order chi connectivity index (χ0) is 9.97. The minimum atomic E-state index is -0.398. The van der Waals surface area contributed by atoms with E-state index >= 15 is 0 Å². The van der Waals surface area contributed by atoms with Gasteiger partial charge in [-0.2, -0.15) is 0 Å². The summed E-state index contributed by atoms with van der Waals surface area (Å²) in [7, 11) is 0. The molecule has 2 aromatic rings. The molecule has 0 aliphatic heterocycles. The number of fused-ring (bicyclic) bond motifs is 1. The van der Waals surface area contributed by atoms with Crippen LogP contribution in [0.1, 0.15) is 17.4 Å². The topological polar surface area (TPSA) is 20.2 Å². The first-order chi connectivity index (χ1) is 6.81. The monoisotopic (exact) mass is 204 g/mol. The van der Waals surface area contributed by atoms with Crippen molar-refractivity contribution in [3.8, 4) is 0 Å². The van der Waals surface area contributed by atoms with Crippen molar-refractivity contribution in [2.24, 2.45) is 0 Å². The van der Waals surface area contributed by atoms with Crippen molar-refractivity contribution in [2.75, 3.05) is 0 Å². The highest BCUT2D eigenvalue weighted by molar-refractivity contribution is 7.19. The predicted molar refractivity (Wildman–Crippen MR) is 61.6 cm³/mol. The first-order valence-electron chi connectivity index (χ1n) is 4.58. The van der Waals surface area contributed by atoms with Gasteiger partial charge in [-0.3, -0.25) is 0 Å². The molecule has 0 radical (unpaired) electrons. The summed E-state index contributed by atoms with van der Waals surface area (Å²) in [6.45, 7) is 3.62. The van der Waals surface area contributed by atoms with Crippen LogP contribution >= 0.6 is 11.3 Å². The molecule has 1 heterocycles. The summed E-state index contributed by atoms with van der Waals surface area (Å²) in [5.74, 6) is 0. The van der Waals surface area contributed by atoms with Crippen molar-refractivity contribution >= 4 is 21.4 Å². The van der Waals surface area contributed by atoms with Gasteiger partial charge in [-0.1, -0.05) is 24.3 Å². The molecule has 1 aromatic heterocycles. The Bertz CT molecular complexity index is 411. The van der Waals surface area contributed by atoms with Crippen molar-refractivity contribution in [2.45, 2.75) is 12.5 Å². The van der Waals surface area contributed by atoms with Gasteiger partial charge in [0.15, 0.2) is 0 Å². The highest BCUT2D eigenvalue weighted by atomic mass is 32.1. The average molecular weight is 204 g/mol. The highest BCUT2D eigenvalue weighted by Gasteiger charge is 2.08. The largest absolute Gasteiger partial charge is 0.387 e. The number of benzene rings is 1. The first-order valence-corrected chi connectivity index (χ1v) is 5.40. The summed E-state index contributed by atoms with van der Waals surface area (Å²) in [5.41, 5.74) is 0. The molecule has 1 atom stereocenters. The number of rotatable bonds is 3. The third-order valence-corrected chi connectivity index (χ3v) is 3.38. The molecule has 1 unspecified atom stereocenters. The normalized spacial score (nSPS) is 12.9. The lowest BCUT2D eigenvalue weighted by Gasteiger charge is -2.02. The second-order valence-electron chi connectivity index (χ2n) is 3.23. The number of aliphatic hydroxyl groups is 1. The van der Waals surface area contributed by atoms with Gasteiger partial charge >= 0.3 is 0 Å². The molecule has 0 aliphatic carbocycles. The van der Waals surface area contributed by atoms with Crippen LogP contribution in [0.2, 0.25) is 0 Å². The molecule has 0 bridgehead atoms. The second-order valence-corrected chi connectivity index (χ2v) is 4.34.